The fourth-order valence-electron chi connectivity index (χ4n) is 1.57. The van der Waals surface area contributed by atoms with Gasteiger partial charge in [-0.2, -0.15) is 10.2 Å². The molecule has 0 fully saturated rings. The maximum absolute atomic E-state index is 10.8. The van der Waals surface area contributed by atoms with Crippen molar-refractivity contribution in [3.63, 3.8) is 0 Å². The highest BCUT2D eigenvalue weighted by atomic mass is 16.6. The average molecular weight is 261 g/mol. The summed E-state index contributed by atoms with van der Waals surface area (Å²) >= 11 is 0. The average Bonchev–Trinajstić information content (AvgIpc) is 3.04. The Morgan fingerprint density at radius 2 is 2.37 bits per heavy atom. The van der Waals surface area contributed by atoms with E-state index in [1.54, 1.807) is 6.07 Å². The first kappa shape index (κ1) is 11.1. The molecule has 0 aliphatic rings. The first-order chi connectivity index (χ1) is 9.24. The van der Waals surface area contributed by atoms with Gasteiger partial charge >= 0.3 is 0 Å². The molecule has 2 heterocycles. The van der Waals surface area contributed by atoms with Gasteiger partial charge in [0.05, 0.1) is 11.5 Å². The third-order valence-corrected chi connectivity index (χ3v) is 2.38. The highest BCUT2D eigenvalue weighted by Gasteiger charge is 2.17. The molecule has 0 spiro atoms. The van der Waals surface area contributed by atoms with E-state index in [0.29, 0.717) is 11.4 Å². The number of aromatic nitrogens is 5. The van der Waals surface area contributed by atoms with Crippen LogP contribution in [-0.2, 0) is 6.54 Å². The number of nitro groups is 1. The molecule has 10 nitrogen and oxygen atoms in total. The fourth-order valence-corrected chi connectivity index (χ4v) is 1.57. The minimum Gasteiger partial charge on any atom is -0.423 e. The van der Waals surface area contributed by atoms with Gasteiger partial charge in [-0.15, -0.1) is 10.2 Å². The predicted molar refractivity (Wildman–Crippen MR) is 62.2 cm³/mol. The van der Waals surface area contributed by atoms with Crippen LogP contribution >= 0.6 is 0 Å². The number of benzene rings is 1. The smallest absolute Gasteiger partial charge is 0.298 e. The molecule has 0 unspecified atom stereocenters. The fraction of sp³-hybridized carbons (Fsp3) is 0.111. The van der Waals surface area contributed by atoms with Gasteiger partial charge in [0.1, 0.15) is 0 Å². The predicted octanol–water partition coefficient (Wildman–Crippen LogP) is 0.861. The van der Waals surface area contributed by atoms with Crippen molar-refractivity contribution in [2.75, 3.05) is 5.32 Å². The molecule has 0 bridgehead atoms. The maximum Gasteiger partial charge on any atom is 0.298 e. The van der Waals surface area contributed by atoms with Crippen LogP contribution in [-0.4, -0.2) is 30.5 Å². The number of fused-ring (bicyclic) bond motifs is 1. The molecule has 2 N–H and O–H groups in total. The van der Waals surface area contributed by atoms with Crippen molar-refractivity contribution < 1.29 is 9.34 Å². The van der Waals surface area contributed by atoms with Crippen LogP contribution in [0.2, 0.25) is 0 Å². The second-order valence-corrected chi connectivity index (χ2v) is 3.58. The van der Waals surface area contributed by atoms with Gasteiger partial charge in [0, 0.05) is 6.07 Å². The van der Waals surface area contributed by atoms with E-state index in [9.17, 15) is 10.1 Å². The molecular formula is C9H7N7O3. The lowest BCUT2D eigenvalue weighted by molar-refractivity contribution is -0.383. The number of para-hydroxylation sites is 1. The van der Waals surface area contributed by atoms with Gasteiger partial charge in [-0.25, -0.2) is 0 Å². The Hall–Kier alpha value is -3.04. The zero-order valence-corrected chi connectivity index (χ0v) is 9.40. The molecule has 19 heavy (non-hydrogen) atoms. The lowest BCUT2D eigenvalue weighted by atomic mass is 10.3. The van der Waals surface area contributed by atoms with Gasteiger partial charge in [-0.05, 0) is 6.07 Å². The van der Waals surface area contributed by atoms with Crippen LogP contribution in [0.3, 0.4) is 0 Å². The Morgan fingerprint density at radius 1 is 1.47 bits per heavy atom. The lowest BCUT2D eigenvalue weighted by Crippen LogP contribution is -2.01. The summed E-state index contributed by atoms with van der Waals surface area (Å²) in [5.74, 6) is 0.428. The summed E-state index contributed by atoms with van der Waals surface area (Å²) < 4.78 is 5.34. The monoisotopic (exact) mass is 261 g/mol. The third kappa shape index (κ3) is 2.06. The number of H-pyrrole nitrogens is 1. The van der Waals surface area contributed by atoms with Gasteiger partial charge < -0.3 is 9.73 Å². The maximum atomic E-state index is 10.8. The summed E-state index contributed by atoms with van der Waals surface area (Å²) in [7, 11) is 0. The van der Waals surface area contributed by atoms with Crippen molar-refractivity contribution in [3.8, 4) is 0 Å². The number of anilines is 1. The second-order valence-electron chi connectivity index (χ2n) is 3.58. The number of nitrogens with one attached hydrogen (secondary N) is 2. The number of hydrogen-bond donors (Lipinski definition) is 2. The van der Waals surface area contributed by atoms with Crippen LogP contribution in [0.25, 0.3) is 11.1 Å². The van der Waals surface area contributed by atoms with Crippen molar-refractivity contribution >= 4 is 22.8 Å². The molecule has 0 atom stereocenters. The van der Waals surface area contributed by atoms with Crippen LogP contribution in [0, 0.1) is 10.1 Å². The standard InChI is InChI=1S/C9H7N7O3/c17-16(18)5-2-1-3-6-8(5)11-9(19-6)10-4-7-12-14-15-13-7/h1-3H,4H2,(H,10,11)(H,12,13,14,15). The minimum atomic E-state index is -0.506. The number of nitrogens with zero attached hydrogens (tertiary/aromatic N) is 5. The van der Waals surface area contributed by atoms with Gasteiger partial charge in [0.2, 0.25) is 0 Å². The van der Waals surface area contributed by atoms with Crippen molar-refractivity contribution in [2.24, 2.45) is 0 Å². The molecule has 3 rings (SSSR count). The van der Waals surface area contributed by atoms with E-state index in [-0.39, 0.29) is 23.8 Å². The highest BCUT2D eigenvalue weighted by molar-refractivity contribution is 5.83. The van der Waals surface area contributed by atoms with E-state index in [2.05, 4.69) is 30.9 Å². The van der Waals surface area contributed by atoms with Crippen molar-refractivity contribution in [1.29, 1.82) is 0 Å². The van der Waals surface area contributed by atoms with E-state index in [1.807, 2.05) is 0 Å². The topological polar surface area (TPSA) is 136 Å². The van der Waals surface area contributed by atoms with Gasteiger partial charge in [0.25, 0.3) is 11.7 Å². The van der Waals surface area contributed by atoms with Crippen LogP contribution in [0.4, 0.5) is 11.7 Å². The number of oxazole rings is 1. The number of non-ortho nitro benzene ring substituents is 1. The van der Waals surface area contributed by atoms with Gasteiger partial charge in [-0.3, -0.25) is 10.1 Å². The summed E-state index contributed by atoms with van der Waals surface area (Å²) in [6.07, 6.45) is 0. The van der Waals surface area contributed by atoms with Crippen LogP contribution < -0.4 is 5.32 Å². The minimum absolute atomic E-state index is 0.103. The van der Waals surface area contributed by atoms with E-state index in [1.165, 1.54) is 12.1 Å². The molecule has 0 saturated carbocycles. The number of aromatic amines is 1. The largest absolute Gasteiger partial charge is 0.423 e. The molecule has 10 heteroatoms. The first-order valence-electron chi connectivity index (χ1n) is 5.24. The van der Waals surface area contributed by atoms with E-state index < -0.39 is 4.92 Å². The zero-order chi connectivity index (χ0) is 13.2. The molecule has 1 aromatic carbocycles. The Labute approximate surface area is 105 Å². The Kier molecular flexibility index (Phi) is 2.52. The van der Waals surface area contributed by atoms with Crippen LogP contribution in [0.5, 0.6) is 0 Å². The van der Waals surface area contributed by atoms with Gasteiger partial charge in [0.15, 0.2) is 16.9 Å². The van der Waals surface area contributed by atoms with Crippen molar-refractivity contribution in [1.82, 2.24) is 25.6 Å². The summed E-state index contributed by atoms with van der Waals surface area (Å²) in [5.41, 5.74) is 0.432. The molecule has 0 radical (unpaired) electrons. The van der Waals surface area contributed by atoms with Crippen LogP contribution in [0.1, 0.15) is 5.82 Å². The van der Waals surface area contributed by atoms with E-state index >= 15 is 0 Å². The van der Waals surface area contributed by atoms with Gasteiger partial charge in [-0.1, -0.05) is 11.3 Å². The summed E-state index contributed by atoms with van der Waals surface area (Å²) in [6.45, 7) is 0.247. The SMILES string of the molecule is O=[N+]([O-])c1cccc2oc(NCc3nn[nH]n3)nc12. The molecule has 0 saturated heterocycles. The third-order valence-electron chi connectivity index (χ3n) is 2.38. The highest BCUT2D eigenvalue weighted by Crippen LogP contribution is 2.27. The molecule has 0 aliphatic carbocycles. The first-order valence-corrected chi connectivity index (χ1v) is 5.24. The molecule has 3 aromatic rings. The van der Waals surface area contributed by atoms with E-state index in [4.69, 9.17) is 4.42 Å². The normalized spacial score (nSPS) is 10.7. The summed E-state index contributed by atoms with van der Waals surface area (Å²) in [5, 5.41) is 26.8. The molecule has 2 aromatic heterocycles. The zero-order valence-electron chi connectivity index (χ0n) is 9.40. The Balaban J connectivity index is 1.89. The number of rotatable bonds is 4. The molecular weight excluding hydrogens is 254 g/mol. The summed E-state index contributed by atoms with van der Waals surface area (Å²) in [4.78, 5) is 14.4. The molecule has 96 valence electrons. The Bertz CT molecular complexity index is 721. The van der Waals surface area contributed by atoms with E-state index in [0.717, 1.165) is 0 Å². The lowest BCUT2D eigenvalue weighted by Gasteiger charge is -1.94. The number of hydrogen-bond acceptors (Lipinski definition) is 8. The van der Waals surface area contributed by atoms with Crippen LogP contribution in [0.15, 0.2) is 22.6 Å². The quantitative estimate of drug-likeness (QED) is 0.521. The molecule has 0 aliphatic heterocycles. The Morgan fingerprint density at radius 3 is 3.11 bits per heavy atom. The second kappa shape index (κ2) is 4.33. The number of tetrazole rings is 1. The molecule has 0 amide bonds. The number of nitro benzene ring substituents is 1. The van der Waals surface area contributed by atoms with Crippen molar-refractivity contribution in [3.05, 3.63) is 34.1 Å². The summed E-state index contributed by atoms with van der Waals surface area (Å²) in [6, 6.07) is 4.67. The van der Waals surface area contributed by atoms with Crippen molar-refractivity contribution in [2.45, 2.75) is 6.54 Å².